The molecule has 1 unspecified atom stereocenters. The topological polar surface area (TPSA) is 37.3 Å². The molecule has 1 atom stereocenters. The van der Waals surface area contributed by atoms with E-state index in [0.29, 0.717) is 0 Å². The van der Waals surface area contributed by atoms with E-state index in [1.54, 1.807) is 11.8 Å². The van der Waals surface area contributed by atoms with Crippen molar-refractivity contribution in [1.82, 2.24) is 0 Å². The van der Waals surface area contributed by atoms with Gasteiger partial charge in [-0.25, -0.2) is 0 Å². The average molecular weight is 158 g/mol. The summed E-state index contributed by atoms with van der Waals surface area (Å²) in [7, 11) is 0. The van der Waals surface area contributed by atoms with Crippen molar-refractivity contribution in [2.75, 3.05) is 0 Å². The van der Waals surface area contributed by atoms with E-state index in [2.05, 4.69) is 0 Å². The third-order valence-corrected chi connectivity index (χ3v) is 2.73. The van der Waals surface area contributed by atoms with Gasteiger partial charge in [-0.15, -0.1) is 11.8 Å². The molecular formula is C7H10O2S. The maximum atomic E-state index is 10.3. The van der Waals surface area contributed by atoms with Crippen LogP contribution in [0.15, 0.2) is 11.5 Å². The molecular weight excluding hydrogens is 148 g/mol. The quantitative estimate of drug-likeness (QED) is 0.666. The summed E-state index contributed by atoms with van der Waals surface area (Å²) in [6.45, 7) is 1.98. The Morgan fingerprint density at radius 2 is 2.60 bits per heavy atom. The van der Waals surface area contributed by atoms with E-state index in [1.165, 1.54) is 0 Å². The number of carboxylic acids is 1. The number of rotatable bonds is 2. The van der Waals surface area contributed by atoms with Crippen molar-refractivity contribution < 1.29 is 9.90 Å². The fourth-order valence-corrected chi connectivity index (χ4v) is 1.91. The van der Waals surface area contributed by atoms with Crippen LogP contribution in [0.3, 0.4) is 0 Å². The molecule has 0 saturated heterocycles. The van der Waals surface area contributed by atoms with Gasteiger partial charge in [0.25, 0.3) is 0 Å². The second kappa shape index (κ2) is 2.66. The number of hydrogen-bond donors (Lipinski definition) is 1. The molecule has 3 heteroatoms. The summed E-state index contributed by atoms with van der Waals surface area (Å²) in [6.07, 6.45) is 3.16. The zero-order valence-electron chi connectivity index (χ0n) is 5.83. The number of carbonyl (C=O) groups is 1. The average Bonchev–Trinajstić information content (AvgIpc) is 2.12. The predicted molar refractivity (Wildman–Crippen MR) is 42.0 cm³/mol. The Morgan fingerprint density at radius 3 is 3.00 bits per heavy atom. The molecule has 0 bridgehead atoms. The van der Waals surface area contributed by atoms with Crippen LogP contribution in [0.2, 0.25) is 0 Å². The van der Waals surface area contributed by atoms with Gasteiger partial charge in [0.2, 0.25) is 0 Å². The molecule has 0 radical (unpaired) electrons. The number of thioether (sulfide) groups is 1. The van der Waals surface area contributed by atoms with Gasteiger partial charge >= 0.3 is 5.97 Å². The first-order valence-corrected chi connectivity index (χ1v) is 4.05. The standard InChI is InChI=1S/C7H10O2S/c1-7(5-6(8)9)3-2-4-10-7/h2,4H,3,5H2,1H3,(H,8,9). The van der Waals surface area contributed by atoms with E-state index in [-0.39, 0.29) is 11.2 Å². The summed E-state index contributed by atoms with van der Waals surface area (Å²) in [4.78, 5) is 10.3. The van der Waals surface area contributed by atoms with Gasteiger partial charge in [0.05, 0.1) is 6.42 Å². The van der Waals surface area contributed by atoms with Crippen molar-refractivity contribution in [3.8, 4) is 0 Å². The van der Waals surface area contributed by atoms with Crippen LogP contribution in [0.4, 0.5) is 0 Å². The van der Waals surface area contributed by atoms with Crippen molar-refractivity contribution >= 4 is 17.7 Å². The van der Waals surface area contributed by atoms with Crippen LogP contribution in [-0.2, 0) is 4.79 Å². The second-order valence-electron chi connectivity index (χ2n) is 2.71. The summed E-state index contributed by atoms with van der Waals surface area (Å²) in [5, 5.41) is 10.5. The highest BCUT2D eigenvalue weighted by Crippen LogP contribution is 2.38. The van der Waals surface area contributed by atoms with Gasteiger partial charge in [-0.3, -0.25) is 4.79 Å². The van der Waals surface area contributed by atoms with Gasteiger partial charge in [0.15, 0.2) is 0 Å². The predicted octanol–water partition coefficient (Wildman–Crippen LogP) is 1.87. The van der Waals surface area contributed by atoms with Gasteiger partial charge in [0, 0.05) is 4.75 Å². The molecule has 56 valence electrons. The molecule has 2 nitrogen and oxygen atoms in total. The van der Waals surface area contributed by atoms with Crippen molar-refractivity contribution in [1.29, 1.82) is 0 Å². The minimum atomic E-state index is -0.710. The largest absolute Gasteiger partial charge is 0.481 e. The van der Waals surface area contributed by atoms with E-state index in [1.807, 2.05) is 18.4 Å². The number of allylic oxidation sites excluding steroid dienone is 1. The maximum absolute atomic E-state index is 10.3. The number of aliphatic carboxylic acids is 1. The van der Waals surface area contributed by atoms with E-state index < -0.39 is 5.97 Å². The van der Waals surface area contributed by atoms with Crippen LogP contribution < -0.4 is 0 Å². The van der Waals surface area contributed by atoms with E-state index in [9.17, 15) is 4.79 Å². The van der Waals surface area contributed by atoms with Crippen LogP contribution >= 0.6 is 11.8 Å². The molecule has 0 aliphatic carbocycles. The van der Waals surface area contributed by atoms with E-state index in [0.717, 1.165) is 6.42 Å². The number of carboxylic acid groups (broad SMARTS) is 1. The van der Waals surface area contributed by atoms with Gasteiger partial charge in [0.1, 0.15) is 0 Å². The summed E-state index contributed by atoms with van der Waals surface area (Å²) in [6, 6.07) is 0. The zero-order chi connectivity index (χ0) is 7.61. The number of hydrogen-bond acceptors (Lipinski definition) is 2. The molecule has 0 fully saturated rings. The minimum absolute atomic E-state index is 0.0775. The van der Waals surface area contributed by atoms with Crippen molar-refractivity contribution in [2.24, 2.45) is 0 Å². The molecule has 0 aromatic carbocycles. The normalized spacial score (nSPS) is 30.9. The molecule has 1 rings (SSSR count). The zero-order valence-corrected chi connectivity index (χ0v) is 6.65. The Labute approximate surface area is 64.3 Å². The van der Waals surface area contributed by atoms with Gasteiger partial charge in [-0.1, -0.05) is 6.08 Å². The first-order valence-electron chi connectivity index (χ1n) is 3.17. The van der Waals surface area contributed by atoms with E-state index in [4.69, 9.17) is 5.11 Å². The van der Waals surface area contributed by atoms with Crippen LogP contribution in [0.1, 0.15) is 19.8 Å². The summed E-state index contributed by atoms with van der Waals surface area (Å²) in [5.74, 6) is -0.710. The summed E-state index contributed by atoms with van der Waals surface area (Å²) < 4.78 is -0.0775. The monoisotopic (exact) mass is 158 g/mol. The molecule has 1 aliphatic heterocycles. The lowest BCUT2D eigenvalue weighted by Crippen LogP contribution is -2.20. The molecule has 0 amide bonds. The molecule has 0 aromatic heterocycles. The van der Waals surface area contributed by atoms with Gasteiger partial charge in [-0.2, -0.15) is 0 Å². The lowest BCUT2D eigenvalue weighted by Gasteiger charge is -2.18. The lowest BCUT2D eigenvalue weighted by atomic mass is 10.0. The molecule has 0 spiro atoms. The highest BCUT2D eigenvalue weighted by Gasteiger charge is 2.28. The van der Waals surface area contributed by atoms with Crippen molar-refractivity contribution in [2.45, 2.75) is 24.5 Å². The first kappa shape index (κ1) is 7.66. The van der Waals surface area contributed by atoms with Crippen LogP contribution in [0, 0.1) is 0 Å². The molecule has 0 aromatic rings. The van der Waals surface area contributed by atoms with E-state index >= 15 is 0 Å². The van der Waals surface area contributed by atoms with Crippen molar-refractivity contribution in [3.63, 3.8) is 0 Å². The summed E-state index contributed by atoms with van der Waals surface area (Å²) in [5.41, 5.74) is 0. The first-order chi connectivity index (χ1) is 4.62. The van der Waals surface area contributed by atoms with Crippen molar-refractivity contribution in [3.05, 3.63) is 11.5 Å². The minimum Gasteiger partial charge on any atom is -0.481 e. The van der Waals surface area contributed by atoms with Crippen LogP contribution in [0.5, 0.6) is 0 Å². The van der Waals surface area contributed by atoms with Crippen LogP contribution in [-0.4, -0.2) is 15.8 Å². The second-order valence-corrected chi connectivity index (χ2v) is 4.21. The Kier molecular flexibility index (Phi) is 2.04. The molecule has 0 saturated carbocycles. The molecule has 1 heterocycles. The molecule has 1 N–H and O–H groups in total. The summed E-state index contributed by atoms with van der Waals surface area (Å²) >= 11 is 1.61. The lowest BCUT2D eigenvalue weighted by molar-refractivity contribution is -0.137. The Hall–Kier alpha value is -0.440. The third kappa shape index (κ3) is 1.77. The Balaban J connectivity index is 2.46. The van der Waals surface area contributed by atoms with Crippen LogP contribution in [0.25, 0.3) is 0 Å². The fourth-order valence-electron chi connectivity index (χ4n) is 0.992. The smallest absolute Gasteiger partial charge is 0.304 e. The maximum Gasteiger partial charge on any atom is 0.304 e. The van der Waals surface area contributed by atoms with Gasteiger partial charge in [-0.05, 0) is 18.8 Å². The Bertz CT molecular complexity index is 166. The fraction of sp³-hybridized carbons (Fsp3) is 0.571. The molecule has 1 aliphatic rings. The van der Waals surface area contributed by atoms with Gasteiger partial charge < -0.3 is 5.11 Å². The molecule has 10 heavy (non-hydrogen) atoms. The Morgan fingerprint density at radius 1 is 1.90 bits per heavy atom. The highest BCUT2D eigenvalue weighted by molar-refractivity contribution is 8.03. The third-order valence-electron chi connectivity index (χ3n) is 1.52. The SMILES string of the molecule is CC1(CC(=O)O)CC=CS1. The highest BCUT2D eigenvalue weighted by atomic mass is 32.2.